The van der Waals surface area contributed by atoms with Crippen molar-refractivity contribution in [1.29, 1.82) is 0 Å². The zero-order valence-corrected chi connectivity index (χ0v) is 15.6. The number of hydrogen-bond acceptors (Lipinski definition) is 6. The summed E-state index contributed by atoms with van der Waals surface area (Å²) in [6.45, 7) is 7.64. The molecule has 0 amide bonds. The molecule has 1 saturated heterocycles. The van der Waals surface area contributed by atoms with E-state index in [1.807, 2.05) is 24.3 Å². The van der Waals surface area contributed by atoms with E-state index >= 15 is 0 Å². The first-order valence-corrected chi connectivity index (χ1v) is 9.30. The van der Waals surface area contributed by atoms with Gasteiger partial charge in [-0.2, -0.15) is 0 Å². The predicted octanol–water partition coefficient (Wildman–Crippen LogP) is 0.388. The summed E-state index contributed by atoms with van der Waals surface area (Å²) in [7, 11) is 0. The molecule has 1 aromatic rings. The number of piperazine rings is 1. The lowest BCUT2D eigenvalue weighted by Crippen LogP contribution is -2.50. The summed E-state index contributed by atoms with van der Waals surface area (Å²) >= 11 is 3.44. The van der Waals surface area contributed by atoms with Crippen molar-refractivity contribution >= 4 is 15.9 Å². The molecular weight excluding hydrogens is 374 g/mol. The van der Waals surface area contributed by atoms with Crippen molar-refractivity contribution in [3.8, 4) is 5.75 Å². The number of rotatable bonds is 10. The van der Waals surface area contributed by atoms with Crippen LogP contribution in [0.15, 0.2) is 28.7 Å². The highest BCUT2D eigenvalue weighted by Gasteiger charge is 2.19. The fourth-order valence-electron chi connectivity index (χ4n) is 2.74. The monoisotopic (exact) mass is 401 g/mol. The lowest BCUT2D eigenvalue weighted by atomic mass is 10.2. The number of nitrogens with one attached hydrogen (secondary N) is 1. The normalized spacial score (nSPS) is 17.8. The molecule has 6 nitrogen and oxygen atoms in total. The highest BCUT2D eigenvalue weighted by atomic mass is 79.9. The van der Waals surface area contributed by atoms with Crippen molar-refractivity contribution < 1.29 is 14.9 Å². The van der Waals surface area contributed by atoms with E-state index < -0.39 is 6.10 Å². The molecule has 1 aliphatic rings. The van der Waals surface area contributed by atoms with Crippen molar-refractivity contribution in [3.05, 3.63) is 28.7 Å². The number of nitrogens with zero attached hydrogens (tertiary/aromatic N) is 2. The van der Waals surface area contributed by atoms with E-state index in [9.17, 15) is 5.11 Å². The Balaban J connectivity index is 1.60. The molecule has 1 heterocycles. The second-order valence-electron chi connectivity index (χ2n) is 6.01. The number of halogens is 1. The number of para-hydroxylation sites is 1. The first kappa shape index (κ1) is 19.6. The van der Waals surface area contributed by atoms with E-state index in [-0.39, 0.29) is 6.61 Å². The van der Waals surface area contributed by atoms with Crippen LogP contribution in [0.25, 0.3) is 0 Å². The maximum absolute atomic E-state index is 10.2. The molecule has 136 valence electrons. The molecule has 0 bridgehead atoms. The summed E-state index contributed by atoms with van der Waals surface area (Å²) in [5.74, 6) is 0.761. The van der Waals surface area contributed by atoms with Gasteiger partial charge in [-0.25, -0.2) is 0 Å². The summed E-state index contributed by atoms with van der Waals surface area (Å²) in [5.41, 5.74) is 0. The van der Waals surface area contributed by atoms with E-state index in [4.69, 9.17) is 9.84 Å². The highest BCUT2D eigenvalue weighted by Crippen LogP contribution is 2.23. The molecule has 1 aromatic carbocycles. The largest absolute Gasteiger partial charge is 0.490 e. The Morgan fingerprint density at radius 3 is 2.54 bits per heavy atom. The molecule has 1 atom stereocenters. The van der Waals surface area contributed by atoms with Crippen LogP contribution in [-0.2, 0) is 0 Å². The zero-order valence-electron chi connectivity index (χ0n) is 14.0. The third-order valence-corrected chi connectivity index (χ3v) is 4.75. The molecule has 7 heteroatoms. The Kier molecular flexibility index (Phi) is 9.01. The third kappa shape index (κ3) is 7.04. The summed E-state index contributed by atoms with van der Waals surface area (Å²) in [6.07, 6.45) is -0.491. The number of β-amino-alcohol motifs (C(OH)–C–C–N with tert-alkyl or cyclic N) is 1. The van der Waals surface area contributed by atoms with Crippen LogP contribution < -0.4 is 10.1 Å². The van der Waals surface area contributed by atoms with Crippen LogP contribution in [0.5, 0.6) is 5.75 Å². The highest BCUT2D eigenvalue weighted by molar-refractivity contribution is 9.10. The molecule has 2 rings (SSSR count). The molecule has 24 heavy (non-hydrogen) atoms. The molecule has 0 radical (unpaired) electrons. The van der Waals surface area contributed by atoms with E-state index in [1.165, 1.54) is 0 Å². The van der Waals surface area contributed by atoms with Gasteiger partial charge >= 0.3 is 0 Å². The van der Waals surface area contributed by atoms with Crippen molar-refractivity contribution in [3.63, 3.8) is 0 Å². The van der Waals surface area contributed by atoms with Crippen molar-refractivity contribution in [2.75, 3.05) is 65.6 Å². The Labute approximate surface area is 152 Å². The maximum Gasteiger partial charge on any atom is 0.133 e. The third-order valence-electron chi connectivity index (χ3n) is 4.10. The quantitative estimate of drug-likeness (QED) is 0.492. The van der Waals surface area contributed by atoms with Crippen LogP contribution in [-0.4, -0.2) is 91.7 Å². The average Bonchev–Trinajstić information content (AvgIpc) is 2.59. The van der Waals surface area contributed by atoms with Gasteiger partial charge in [-0.05, 0) is 28.1 Å². The van der Waals surface area contributed by atoms with Crippen molar-refractivity contribution in [1.82, 2.24) is 15.1 Å². The molecule has 0 aromatic heterocycles. The van der Waals surface area contributed by atoms with Gasteiger partial charge in [0.2, 0.25) is 0 Å². The lowest BCUT2D eigenvalue weighted by Gasteiger charge is -2.35. The van der Waals surface area contributed by atoms with Crippen LogP contribution in [0, 0.1) is 0 Å². The Morgan fingerprint density at radius 1 is 1.12 bits per heavy atom. The Hall–Kier alpha value is -0.700. The van der Waals surface area contributed by atoms with E-state index in [0.717, 1.165) is 49.5 Å². The molecule has 1 aliphatic heterocycles. The number of aliphatic hydroxyl groups excluding tert-OH is 2. The maximum atomic E-state index is 10.2. The minimum atomic E-state index is -0.491. The van der Waals surface area contributed by atoms with Gasteiger partial charge in [0.1, 0.15) is 18.5 Å². The summed E-state index contributed by atoms with van der Waals surface area (Å²) in [6, 6.07) is 7.67. The molecule has 1 fully saturated rings. The Morgan fingerprint density at radius 2 is 1.83 bits per heavy atom. The molecular formula is C17H28BrN3O3. The molecule has 0 saturated carbocycles. The first-order chi connectivity index (χ1) is 11.7. The minimum absolute atomic E-state index is 0.188. The number of benzene rings is 1. The molecule has 1 unspecified atom stereocenters. The van der Waals surface area contributed by atoms with Gasteiger partial charge in [-0.15, -0.1) is 0 Å². The topological polar surface area (TPSA) is 68.2 Å². The SMILES string of the molecule is OCCNCCN1CCN(CC(O)COc2ccccc2Br)CC1. The van der Waals surface area contributed by atoms with Gasteiger partial charge in [-0.3, -0.25) is 9.80 Å². The zero-order chi connectivity index (χ0) is 17.2. The number of hydrogen-bond donors (Lipinski definition) is 3. The standard InChI is InChI=1S/C17H28BrN3O3/c18-16-3-1-2-4-17(16)24-14-15(23)13-21-10-8-20(9-11-21)7-5-19-6-12-22/h1-4,15,19,22-23H,5-14H2. The van der Waals surface area contributed by atoms with Crippen LogP contribution in [0.1, 0.15) is 0 Å². The molecule has 0 spiro atoms. The average molecular weight is 402 g/mol. The van der Waals surface area contributed by atoms with Crippen molar-refractivity contribution in [2.24, 2.45) is 0 Å². The van der Waals surface area contributed by atoms with Gasteiger partial charge < -0.3 is 20.3 Å². The van der Waals surface area contributed by atoms with Gasteiger partial charge in [-0.1, -0.05) is 12.1 Å². The summed E-state index contributed by atoms with van der Waals surface area (Å²) in [5, 5.41) is 22.1. The minimum Gasteiger partial charge on any atom is -0.490 e. The van der Waals surface area contributed by atoms with E-state index in [0.29, 0.717) is 19.7 Å². The van der Waals surface area contributed by atoms with Gasteiger partial charge in [0.15, 0.2) is 0 Å². The van der Waals surface area contributed by atoms with Gasteiger partial charge in [0.25, 0.3) is 0 Å². The van der Waals surface area contributed by atoms with Crippen LogP contribution in [0.2, 0.25) is 0 Å². The van der Waals surface area contributed by atoms with E-state index in [1.54, 1.807) is 0 Å². The van der Waals surface area contributed by atoms with E-state index in [2.05, 4.69) is 31.0 Å². The smallest absolute Gasteiger partial charge is 0.133 e. The second kappa shape index (κ2) is 11.0. The Bertz CT molecular complexity index is 470. The van der Waals surface area contributed by atoms with Crippen LogP contribution >= 0.6 is 15.9 Å². The fraction of sp³-hybridized carbons (Fsp3) is 0.647. The van der Waals surface area contributed by atoms with Crippen LogP contribution in [0.4, 0.5) is 0 Å². The summed E-state index contributed by atoms with van der Waals surface area (Å²) in [4.78, 5) is 4.69. The lowest BCUT2D eigenvalue weighted by molar-refractivity contribution is 0.0461. The van der Waals surface area contributed by atoms with Crippen molar-refractivity contribution in [2.45, 2.75) is 6.10 Å². The molecule has 0 aliphatic carbocycles. The van der Waals surface area contributed by atoms with Crippen LogP contribution in [0.3, 0.4) is 0 Å². The second-order valence-corrected chi connectivity index (χ2v) is 6.87. The fourth-order valence-corrected chi connectivity index (χ4v) is 3.13. The van der Waals surface area contributed by atoms with Gasteiger partial charge in [0, 0.05) is 52.4 Å². The first-order valence-electron chi connectivity index (χ1n) is 8.50. The van der Waals surface area contributed by atoms with Gasteiger partial charge in [0.05, 0.1) is 11.1 Å². The summed E-state index contributed by atoms with van der Waals surface area (Å²) < 4.78 is 6.58. The predicted molar refractivity (Wildman–Crippen MR) is 98.5 cm³/mol. The number of aliphatic hydroxyl groups is 2. The molecule has 3 N–H and O–H groups in total. The number of ether oxygens (including phenoxy) is 1.